The summed E-state index contributed by atoms with van der Waals surface area (Å²) < 4.78 is 18.5. The Morgan fingerprint density at radius 3 is 2.85 bits per heavy atom. The minimum absolute atomic E-state index is 0.117. The van der Waals surface area contributed by atoms with Crippen LogP contribution >= 0.6 is 11.6 Å². The second-order valence-electron chi connectivity index (χ2n) is 4.66. The van der Waals surface area contributed by atoms with E-state index in [0.717, 1.165) is 18.9 Å². The van der Waals surface area contributed by atoms with Crippen molar-refractivity contribution in [3.05, 3.63) is 34.6 Å². The topological polar surface area (TPSA) is 46.6 Å². The Bertz CT molecular complexity index is 535. The Labute approximate surface area is 121 Å². The molecule has 0 radical (unpaired) electrons. The molecule has 0 N–H and O–H groups in total. The summed E-state index contributed by atoms with van der Waals surface area (Å²) in [5.74, 6) is -1.64. The predicted octanol–water partition coefficient (Wildman–Crippen LogP) is 2.65. The van der Waals surface area contributed by atoms with E-state index in [1.54, 1.807) is 0 Å². The molecule has 0 aliphatic carbocycles. The lowest BCUT2D eigenvalue weighted by Crippen LogP contribution is -2.48. The molecule has 0 spiro atoms. The van der Waals surface area contributed by atoms with Gasteiger partial charge >= 0.3 is 5.97 Å². The van der Waals surface area contributed by atoms with E-state index in [-0.39, 0.29) is 10.6 Å². The molecule has 1 aliphatic heterocycles. The number of methoxy groups -OCH3 is 1. The molecule has 0 saturated carbocycles. The van der Waals surface area contributed by atoms with Gasteiger partial charge in [-0.3, -0.25) is 4.79 Å². The number of carbonyl (C=O) groups is 2. The van der Waals surface area contributed by atoms with Gasteiger partial charge in [0.1, 0.15) is 11.9 Å². The first-order valence-electron chi connectivity index (χ1n) is 6.38. The molecule has 0 bridgehead atoms. The van der Waals surface area contributed by atoms with Crippen LogP contribution in [0, 0.1) is 5.82 Å². The molecule has 1 amide bonds. The predicted molar refractivity (Wildman–Crippen MR) is 72.1 cm³/mol. The summed E-state index contributed by atoms with van der Waals surface area (Å²) in [6.45, 7) is 0.407. The molecule has 1 atom stereocenters. The first-order valence-corrected chi connectivity index (χ1v) is 6.76. The van der Waals surface area contributed by atoms with Gasteiger partial charge in [-0.2, -0.15) is 0 Å². The number of rotatable bonds is 2. The molecular formula is C14H15ClFNO3. The van der Waals surface area contributed by atoms with Gasteiger partial charge in [0.25, 0.3) is 5.91 Å². The Morgan fingerprint density at radius 2 is 2.15 bits per heavy atom. The molecule has 1 heterocycles. The van der Waals surface area contributed by atoms with Gasteiger partial charge in [-0.05, 0) is 37.5 Å². The van der Waals surface area contributed by atoms with Crippen molar-refractivity contribution < 1.29 is 18.7 Å². The fourth-order valence-electron chi connectivity index (χ4n) is 2.37. The lowest BCUT2D eigenvalue weighted by molar-refractivity contribution is -0.147. The maximum absolute atomic E-state index is 13.8. The van der Waals surface area contributed by atoms with Crippen LogP contribution < -0.4 is 0 Å². The lowest BCUT2D eigenvalue weighted by atomic mass is 10.0. The Morgan fingerprint density at radius 1 is 1.40 bits per heavy atom. The molecule has 6 heteroatoms. The zero-order chi connectivity index (χ0) is 14.7. The van der Waals surface area contributed by atoms with Crippen LogP contribution in [0.15, 0.2) is 18.2 Å². The van der Waals surface area contributed by atoms with Crippen LogP contribution in [-0.4, -0.2) is 36.5 Å². The molecule has 4 nitrogen and oxygen atoms in total. The van der Waals surface area contributed by atoms with Crippen LogP contribution in [0.3, 0.4) is 0 Å². The van der Waals surface area contributed by atoms with Gasteiger partial charge in [-0.25, -0.2) is 9.18 Å². The molecule has 108 valence electrons. The maximum Gasteiger partial charge on any atom is 0.328 e. The van der Waals surface area contributed by atoms with Crippen LogP contribution in [0.5, 0.6) is 0 Å². The summed E-state index contributed by atoms with van der Waals surface area (Å²) in [5, 5.41) is 0.279. The van der Waals surface area contributed by atoms with Crippen LogP contribution in [-0.2, 0) is 9.53 Å². The highest BCUT2D eigenvalue weighted by Crippen LogP contribution is 2.23. The summed E-state index contributed by atoms with van der Waals surface area (Å²) in [4.78, 5) is 25.5. The van der Waals surface area contributed by atoms with E-state index in [1.807, 2.05) is 0 Å². The van der Waals surface area contributed by atoms with Crippen molar-refractivity contribution >= 4 is 23.5 Å². The first-order chi connectivity index (χ1) is 9.54. The van der Waals surface area contributed by atoms with Gasteiger partial charge in [0, 0.05) is 11.6 Å². The van der Waals surface area contributed by atoms with Crippen molar-refractivity contribution in [2.24, 2.45) is 0 Å². The van der Waals surface area contributed by atoms with Crippen LogP contribution in [0.1, 0.15) is 29.6 Å². The molecule has 1 unspecified atom stereocenters. The van der Waals surface area contributed by atoms with Crippen molar-refractivity contribution in [1.29, 1.82) is 0 Å². The molecule has 1 saturated heterocycles. The van der Waals surface area contributed by atoms with Gasteiger partial charge in [0.15, 0.2) is 0 Å². The monoisotopic (exact) mass is 299 g/mol. The minimum Gasteiger partial charge on any atom is -0.467 e. The van der Waals surface area contributed by atoms with E-state index in [9.17, 15) is 14.0 Å². The summed E-state index contributed by atoms with van der Waals surface area (Å²) in [6, 6.07) is 3.15. The van der Waals surface area contributed by atoms with Crippen molar-refractivity contribution in [1.82, 2.24) is 4.90 Å². The van der Waals surface area contributed by atoms with Crippen molar-refractivity contribution in [3.63, 3.8) is 0 Å². The summed E-state index contributed by atoms with van der Waals surface area (Å²) in [7, 11) is 1.28. The third kappa shape index (κ3) is 2.93. The quantitative estimate of drug-likeness (QED) is 0.789. The number of piperidine rings is 1. The second kappa shape index (κ2) is 6.22. The fourth-order valence-corrected chi connectivity index (χ4v) is 2.54. The van der Waals surface area contributed by atoms with E-state index in [1.165, 1.54) is 24.1 Å². The van der Waals surface area contributed by atoms with Gasteiger partial charge < -0.3 is 9.64 Å². The number of hydrogen-bond acceptors (Lipinski definition) is 3. The third-order valence-corrected chi connectivity index (χ3v) is 3.63. The first kappa shape index (κ1) is 14.8. The SMILES string of the molecule is COC(=O)C1CCCCN1C(=O)c1cc(Cl)ccc1F. The molecule has 2 rings (SSSR count). The molecule has 0 aromatic heterocycles. The molecule has 20 heavy (non-hydrogen) atoms. The van der Waals surface area contributed by atoms with E-state index in [2.05, 4.69) is 0 Å². The number of benzene rings is 1. The number of halogens is 2. The highest BCUT2D eigenvalue weighted by molar-refractivity contribution is 6.31. The largest absolute Gasteiger partial charge is 0.467 e. The standard InChI is InChI=1S/C14H15ClFNO3/c1-20-14(19)12-4-2-3-7-17(12)13(18)10-8-9(15)5-6-11(10)16/h5-6,8,12H,2-4,7H2,1H3. The normalized spacial score (nSPS) is 18.8. The van der Waals surface area contributed by atoms with Crippen LogP contribution in [0.4, 0.5) is 4.39 Å². The van der Waals surface area contributed by atoms with E-state index >= 15 is 0 Å². The van der Waals surface area contributed by atoms with Gasteiger partial charge in [0.05, 0.1) is 12.7 Å². The molecular weight excluding hydrogens is 285 g/mol. The second-order valence-corrected chi connectivity index (χ2v) is 5.09. The fraction of sp³-hybridized carbons (Fsp3) is 0.429. The van der Waals surface area contributed by atoms with Gasteiger partial charge in [-0.15, -0.1) is 0 Å². The van der Waals surface area contributed by atoms with Gasteiger partial charge in [-0.1, -0.05) is 11.6 Å². The van der Waals surface area contributed by atoms with E-state index < -0.39 is 23.7 Å². The highest BCUT2D eigenvalue weighted by Gasteiger charge is 2.34. The van der Waals surface area contributed by atoms with Crippen LogP contribution in [0.25, 0.3) is 0 Å². The molecule has 1 aliphatic rings. The van der Waals surface area contributed by atoms with Crippen LogP contribution in [0.2, 0.25) is 5.02 Å². The number of esters is 1. The highest BCUT2D eigenvalue weighted by atomic mass is 35.5. The molecule has 1 aromatic rings. The Balaban J connectivity index is 2.30. The van der Waals surface area contributed by atoms with Gasteiger partial charge in [0.2, 0.25) is 0 Å². The van der Waals surface area contributed by atoms with Crippen molar-refractivity contribution in [2.75, 3.05) is 13.7 Å². The van der Waals surface area contributed by atoms with Crippen molar-refractivity contribution in [3.8, 4) is 0 Å². The average Bonchev–Trinajstić information content (AvgIpc) is 2.48. The number of likely N-dealkylation sites (tertiary alicyclic amines) is 1. The Kier molecular flexibility index (Phi) is 4.60. The zero-order valence-electron chi connectivity index (χ0n) is 11.1. The van der Waals surface area contributed by atoms with Crippen molar-refractivity contribution in [2.45, 2.75) is 25.3 Å². The third-order valence-electron chi connectivity index (χ3n) is 3.40. The number of nitrogens with zero attached hydrogens (tertiary/aromatic N) is 1. The lowest BCUT2D eigenvalue weighted by Gasteiger charge is -2.33. The number of ether oxygens (including phenoxy) is 1. The molecule has 1 aromatic carbocycles. The minimum atomic E-state index is -0.653. The summed E-state index contributed by atoms with van der Waals surface area (Å²) in [6.07, 6.45) is 2.14. The maximum atomic E-state index is 13.8. The number of amides is 1. The molecule has 1 fully saturated rings. The summed E-state index contributed by atoms with van der Waals surface area (Å²) >= 11 is 5.80. The van der Waals surface area contributed by atoms with E-state index in [4.69, 9.17) is 16.3 Å². The Hall–Kier alpha value is -1.62. The van der Waals surface area contributed by atoms with E-state index in [0.29, 0.717) is 13.0 Å². The zero-order valence-corrected chi connectivity index (χ0v) is 11.8. The average molecular weight is 300 g/mol. The number of hydrogen-bond donors (Lipinski definition) is 0. The number of carbonyl (C=O) groups excluding carboxylic acids is 2. The smallest absolute Gasteiger partial charge is 0.328 e. The summed E-state index contributed by atoms with van der Waals surface area (Å²) in [5.41, 5.74) is -0.117.